The van der Waals surface area contributed by atoms with Crippen molar-refractivity contribution in [2.24, 2.45) is 11.7 Å². The lowest BCUT2D eigenvalue weighted by Crippen LogP contribution is -2.58. The maximum atomic E-state index is 6.07. The second-order valence-electron chi connectivity index (χ2n) is 5.68. The van der Waals surface area contributed by atoms with Crippen LogP contribution in [0.3, 0.4) is 0 Å². The number of hydrogen-bond donors (Lipinski definition) is 1. The average molecular weight is 264 g/mol. The van der Waals surface area contributed by atoms with Gasteiger partial charge in [-0.3, -0.25) is 4.90 Å². The SMILES string of the molecule is COCC(CN)(C(C)C)N(C)Cc1ccccc1C. The van der Waals surface area contributed by atoms with E-state index >= 15 is 0 Å². The van der Waals surface area contributed by atoms with E-state index in [2.05, 4.69) is 57.0 Å². The molecule has 3 nitrogen and oxygen atoms in total. The van der Waals surface area contributed by atoms with Gasteiger partial charge in [0.2, 0.25) is 0 Å². The highest BCUT2D eigenvalue weighted by molar-refractivity contribution is 5.25. The van der Waals surface area contributed by atoms with Gasteiger partial charge in [-0.2, -0.15) is 0 Å². The first-order valence-electron chi connectivity index (χ1n) is 6.92. The lowest BCUT2D eigenvalue weighted by molar-refractivity contribution is -0.00563. The normalized spacial score (nSPS) is 14.9. The second-order valence-corrected chi connectivity index (χ2v) is 5.68. The van der Waals surface area contributed by atoms with E-state index < -0.39 is 0 Å². The Morgan fingerprint density at radius 3 is 2.42 bits per heavy atom. The van der Waals surface area contributed by atoms with Crippen molar-refractivity contribution in [1.29, 1.82) is 0 Å². The first-order valence-corrected chi connectivity index (χ1v) is 6.92. The van der Waals surface area contributed by atoms with Gasteiger partial charge in [-0.25, -0.2) is 0 Å². The van der Waals surface area contributed by atoms with E-state index in [9.17, 15) is 0 Å². The minimum absolute atomic E-state index is 0.114. The summed E-state index contributed by atoms with van der Waals surface area (Å²) in [6.07, 6.45) is 0. The van der Waals surface area contributed by atoms with Crippen molar-refractivity contribution in [3.05, 3.63) is 35.4 Å². The minimum Gasteiger partial charge on any atom is -0.383 e. The summed E-state index contributed by atoms with van der Waals surface area (Å²) in [4.78, 5) is 2.34. The van der Waals surface area contributed by atoms with Crippen LogP contribution in [-0.2, 0) is 11.3 Å². The largest absolute Gasteiger partial charge is 0.383 e. The Morgan fingerprint density at radius 2 is 1.95 bits per heavy atom. The Hall–Kier alpha value is -0.900. The van der Waals surface area contributed by atoms with Gasteiger partial charge in [-0.15, -0.1) is 0 Å². The third kappa shape index (κ3) is 3.56. The van der Waals surface area contributed by atoms with Gasteiger partial charge in [0.1, 0.15) is 0 Å². The molecule has 1 atom stereocenters. The van der Waals surface area contributed by atoms with Gasteiger partial charge in [0, 0.05) is 20.2 Å². The summed E-state index contributed by atoms with van der Waals surface area (Å²) < 4.78 is 5.43. The fourth-order valence-corrected chi connectivity index (χ4v) is 2.62. The molecule has 2 N–H and O–H groups in total. The molecular weight excluding hydrogens is 236 g/mol. The monoisotopic (exact) mass is 264 g/mol. The summed E-state index contributed by atoms with van der Waals surface area (Å²) in [6.45, 7) is 8.72. The quantitative estimate of drug-likeness (QED) is 0.822. The van der Waals surface area contributed by atoms with Gasteiger partial charge in [0.05, 0.1) is 12.1 Å². The highest BCUT2D eigenvalue weighted by Crippen LogP contribution is 2.25. The van der Waals surface area contributed by atoms with Crippen LogP contribution in [0.5, 0.6) is 0 Å². The van der Waals surface area contributed by atoms with Crippen molar-refractivity contribution in [2.75, 3.05) is 27.3 Å². The fraction of sp³-hybridized carbons (Fsp3) is 0.625. The number of aryl methyl sites for hydroxylation is 1. The van der Waals surface area contributed by atoms with Crippen molar-refractivity contribution in [3.63, 3.8) is 0 Å². The molecule has 3 heteroatoms. The summed E-state index contributed by atoms with van der Waals surface area (Å²) in [6, 6.07) is 8.50. The smallest absolute Gasteiger partial charge is 0.0661 e. The Labute approximate surface area is 117 Å². The number of rotatable bonds is 7. The number of ether oxygens (including phenoxy) is 1. The summed E-state index contributed by atoms with van der Waals surface area (Å²) in [7, 11) is 3.88. The third-order valence-corrected chi connectivity index (χ3v) is 4.25. The van der Waals surface area contributed by atoms with Crippen LogP contribution >= 0.6 is 0 Å². The van der Waals surface area contributed by atoms with Crippen molar-refractivity contribution in [2.45, 2.75) is 32.9 Å². The van der Waals surface area contributed by atoms with Gasteiger partial charge in [0.25, 0.3) is 0 Å². The molecule has 0 radical (unpaired) electrons. The van der Waals surface area contributed by atoms with E-state index in [1.165, 1.54) is 11.1 Å². The zero-order valence-corrected chi connectivity index (χ0v) is 12.9. The number of methoxy groups -OCH3 is 1. The van der Waals surface area contributed by atoms with Gasteiger partial charge >= 0.3 is 0 Å². The highest BCUT2D eigenvalue weighted by atomic mass is 16.5. The van der Waals surface area contributed by atoms with Crippen LogP contribution in [0.15, 0.2) is 24.3 Å². The lowest BCUT2D eigenvalue weighted by Gasteiger charge is -2.44. The Bertz CT molecular complexity index is 392. The first-order chi connectivity index (χ1) is 8.97. The van der Waals surface area contributed by atoms with Gasteiger partial charge in [-0.05, 0) is 31.0 Å². The molecule has 1 aromatic carbocycles. The zero-order chi connectivity index (χ0) is 14.5. The Balaban J connectivity index is 2.94. The number of nitrogens with two attached hydrogens (primary N) is 1. The summed E-state index contributed by atoms with van der Waals surface area (Å²) in [5, 5.41) is 0. The van der Waals surface area contributed by atoms with Crippen LogP contribution in [0.1, 0.15) is 25.0 Å². The van der Waals surface area contributed by atoms with Gasteiger partial charge in [-0.1, -0.05) is 38.1 Å². The maximum absolute atomic E-state index is 6.07. The van der Waals surface area contributed by atoms with Crippen LogP contribution in [0.25, 0.3) is 0 Å². The molecule has 0 aliphatic carbocycles. The predicted octanol–water partition coefficient (Wildman–Crippen LogP) is 2.43. The molecule has 0 aliphatic rings. The topological polar surface area (TPSA) is 38.5 Å². The predicted molar refractivity (Wildman–Crippen MR) is 81.1 cm³/mol. The van der Waals surface area contributed by atoms with E-state index in [-0.39, 0.29) is 5.54 Å². The van der Waals surface area contributed by atoms with Crippen molar-refractivity contribution in [3.8, 4) is 0 Å². The number of benzene rings is 1. The number of hydrogen-bond acceptors (Lipinski definition) is 3. The molecule has 0 aliphatic heterocycles. The maximum Gasteiger partial charge on any atom is 0.0661 e. The zero-order valence-electron chi connectivity index (χ0n) is 12.9. The van der Waals surface area contributed by atoms with E-state index in [0.717, 1.165) is 6.54 Å². The van der Waals surface area contributed by atoms with Crippen molar-refractivity contribution < 1.29 is 4.74 Å². The van der Waals surface area contributed by atoms with Crippen LogP contribution in [0.2, 0.25) is 0 Å². The molecule has 0 saturated heterocycles. The molecule has 1 aromatic rings. The number of likely N-dealkylation sites (N-methyl/N-ethyl adjacent to an activating group) is 1. The molecule has 0 amide bonds. The summed E-state index contributed by atoms with van der Waals surface area (Å²) >= 11 is 0. The molecule has 0 aromatic heterocycles. The summed E-state index contributed by atoms with van der Waals surface area (Å²) in [5.41, 5.74) is 8.62. The molecule has 0 spiro atoms. The van der Waals surface area contributed by atoms with E-state index in [4.69, 9.17) is 10.5 Å². The minimum atomic E-state index is -0.114. The summed E-state index contributed by atoms with van der Waals surface area (Å²) in [5.74, 6) is 0.437. The van der Waals surface area contributed by atoms with Gasteiger partial charge in [0.15, 0.2) is 0 Å². The highest BCUT2D eigenvalue weighted by Gasteiger charge is 2.36. The molecule has 0 bridgehead atoms. The Morgan fingerprint density at radius 1 is 1.32 bits per heavy atom. The van der Waals surface area contributed by atoms with E-state index in [1.54, 1.807) is 7.11 Å². The molecule has 0 heterocycles. The average Bonchev–Trinajstić information content (AvgIpc) is 2.38. The van der Waals surface area contributed by atoms with Crippen LogP contribution in [-0.4, -0.2) is 37.7 Å². The van der Waals surface area contributed by atoms with E-state index in [0.29, 0.717) is 19.1 Å². The molecule has 1 unspecified atom stereocenters. The molecule has 19 heavy (non-hydrogen) atoms. The molecule has 0 saturated carbocycles. The molecule has 1 rings (SSSR count). The van der Waals surface area contributed by atoms with Crippen molar-refractivity contribution >= 4 is 0 Å². The van der Waals surface area contributed by atoms with Crippen LogP contribution in [0, 0.1) is 12.8 Å². The second kappa shape index (κ2) is 7.04. The van der Waals surface area contributed by atoms with Gasteiger partial charge < -0.3 is 10.5 Å². The Kier molecular flexibility index (Phi) is 5.98. The molecule has 108 valence electrons. The molecule has 0 fully saturated rings. The molecular formula is C16H28N2O. The first kappa shape index (κ1) is 16.2. The lowest BCUT2D eigenvalue weighted by atomic mass is 9.85. The number of nitrogens with zero attached hydrogens (tertiary/aromatic N) is 1. The van der Waals surface area contributed by atoms with E-state index in [1.807, 2.05) is 0 Å². The third-order valence-electron chi connectivity index (χ3n) is 4.25. The van der Waals surface area contributed by atoms with Crippen LogP contribution in [0.4, 0.5) is 0 Å². The standard InChI is InChI=1S/C16H28N2O/c1-13(2)16(11-17,12-19-5)18(4)10-15-9-7-6-8-14(15)3/h6-9,13H,10-12,17H2,1-5H3. The van der Waals surface area contributed by atoms with Crippen molar-refractivity contribution in [1.82, 2.24) is 4.90 Å². The van der Waals surface area contributed by atoms with Crippen LogP contribution < -0.4 is 5.73 Å². The fourth-order valence-electron chi connectivity index (χ4n) is 2.62.